The smallest absolute Gasteiger partial charge is 0.311 e. The van der Waals surface area contributed by atoms with Crippen LogP contribution in [0.3, 0.4) is 0 Å². The van der Waals surface area contributed by atoms with Crippen LogP contribution < -0.4 is 0 Å². The number of halogens is 1. The second-order valence-corrected chi connectivity index (χ2v) is 15.6. The van der Waals surface area contributed by atoms with Gasteiger partial charge >= 0.3 is 5.97 Å². The van der Waals surface area contributed by atoms with Crippen molar-refractivity contribution in [1.29, 1.82) is 0 Å². The van der Waals surface area contributed by atoms with Gasteiger partial charge in [-0.15, -0.1) is 0 Å². The number of aliphatic hydroxyl groups is 1. The Kier molecular flexibility index (Phi) is 6.29. The highest BCUT2D eigenvalue weighted by Gasteiger charge is 2.70. The van der Waals surface area contributed by atoms with Crippen molar-refractivity contribution in [2.75, 3.05) is 0 Å². The molecule has 0 spiro atoms. The van der Waals surface area contributed by atoms with E-state index in [-0.39, 0.29) is 31.5 Å². The molecule has 0 aliphatic heterocycles. The van der Waals surface area contributed by atoms with E-state index in [4.69, 9.17) is 0 Å². The number of carbonyl (C=O) groups excluding carboxylic acids is 1. The molecule has 192 valence electrons. The highest BCUT2D eigenvalue weighted by molar-refractivity contribution is 14.1. The number of aliphatic hydroxyl groups excluding tert-OH is 1. The first-order valence-electron chi connectivity index (χ1n) is 13.3. The van der Waals surface area contributed by atoms with Crippen molar-refractivity contribution in [3.63, 3.8) is 0 Å². The van der Waals surface area contributed by atoms with Gasteiger partial charge in [-0.2, -0.15) is 0 Å². The predicted octanol–water partition coefficient (Wildman–Crippen LogP) is 6.83. The Morgan fingerprint density at radius 1 is 1.12 bits per heavy atom. The van der Waals surface area contributed by atoms with Gasteiger partial charge < -0.3 is 15.0 Å². The minimum atomic E-state index is -0.719. The van der Waals surface area contributed by atoms with E-state index in [0.717, 1.165) is 44.8 Å². The predicted molar refractivity (Wildman–Crippen MR) is 144 cm³/mol. The fraction of sp³-hybridized carbons (Fsp3) is 0.862. The molecule has 7 unspecified atom stereocenters. The molecule has 5 heteroatoms. The SMILES string of the molecule is CC(C)(C)CC[C@]1(C(=O)O)CCC2(C)C(=CC3C4(C)CC[C@H](O)C(C)(C=O)C4CCC32C)C1I. The molecule has 0 radical (unpaired) electrons. The van der Waals surface area contributed by atoms with Crippen LogP contribution in [0.1, 0.15) is 99.8 Å². The van der Waals surface area contributed by atoms with Crippen molar-refractivity contribution in [1.82, 2.24) is 0 Å². The Labute approximate surface area is 219 Å². The van der Waals surface area contributed by atoms with Crippen molar-refractivity contribution in [3.05, 3.63) is 11.6 Å². The molecule has 3 saturated carbocycles. The van der Waals surface area contributed by atoms with Crippen molar-refractivity contribution >= 4 is 34.8 Å². The Morgan fingerprint density at radius 3 is 2.32 bits per heavy atom. The van der Waals surface area contributed by atoms with Gasteiger partial charge in [0.05, 0.1) is 16.9 Å². The molecular formula is C29H45IO4. The van der Waals surface area contributed by atoms with Gasteiger partial charge in [-0.05, 0) is 84.9 Å². The van der Waals surface area contributed by atoms with Crippen LogP contribution in [0.15, 0.2) is 11.6 Å². The molecule has 0 heterocycles. The number of rotatable bonds is 4. The van der Waals surface area contributed by atoms with E-state index in [9.17, 15) is 19.8 Å². The molecule has 9 atom stereocenters. The summed E-state index contributed by atoms with van der Waals surface area (Å²) in [5.41, 5.74) is -0.00508. The summed E-state index contributed by atoms with van der Waals surface area (Å²) in [4.78, 5) is 25.1. The van der Waals surface area contributed by atoms with Crippen molar-refractivity contribution in [2.24, 2.45) is 44.3 Å². The number of carboxylic acid groups (broad SMARTS) is 1. The van der Waals surface area contributed by atoms with Crippen LogP contribution in [0, 0.1) is 44.3 Å². The van der Waals surface area contributed by atoms with E-state index in [2.05, 4.69) is 70.2 Å². The monoisotopic (exact) mass is 584 g/mol. The lowest BCUT2D eigenvalue weighted by atomic mass is 9.40. The van der Waals surface area contributed by atoms with E-state index in [1.807, 2.05) is 6.92 Å². The summed E-state index contributed by atoms with van der Waals surface area (Å²) in [6.45, 7) is 15.8. The molecule has 0 aromatic rings. The molecule has 4 aliphatic carbocycles. The van der Waals surface area contributed by atoms with Crippen molar-refractivity contribution in [3.8, 4) is 0 Å². The molecule has 0 aromatic heterocycles. The van der Waals surface area contributed by atoms with Crippen LogP contribution in [0.2, 0.25) is 0 Å². The molecule has 0 amide bonds. The second-order valence-electron chi connectivity index (χ2n) is 14.4. The third kappa shape index (κ3) is 3.37. The van der Waals surface area contributed by atoms with Gasteiger partial charge in [-0.3, -0.25) is 4.79 Å². The van der Waals surface area contributed by atoms with Gasteiger partial charge in [0.1, 0.15) is 6.29 Å². The lowest BCUT2D eigenvalue weighted by molar-refractivity contribution is -0.179. The first kappa shape index (κ1) is 26.6. The van der Waals surface area contributed by atoms with Crippen molar-refractivity contribution in [2.45, 2.75) is 110 Å². The van der Waals surface area contributed by atoms with Crippen LogP contribution in [-0.2, 0) is 9.59 Å². The number of allylic oxidation sites excluding steroid dienone is 2. The van der Waals surface area contributed by atoms with Gasteiger partial charge in [0.15, 0.2) is 0 Å². The zero-order valence-electron chi connectivity index (χ0n) is 22.2. The largest absolute Gasteiger partial charge is 0.481 e. The molecule has 34 heavy (non-hydrogen) atoms. The summed E-state index contributed by atoms with van der Waals surface area (Å²) in [5, 5.41) is 21.4. The molecule has 4 nitrogen and oxygen atoms in total. The first-order chi connectivity index (χ1) is 15.5. The number of carbonyl (C=O) groups is 2. The molecule has 0 bridgehead atoms. The summed E-state index contributed by atoms with van der Waals surface area (Å²) >= 11 is 2.47. The van der Waals surface area contributed by atoms with E-state index in [1.165, 1.54) is 5.57 Å². The number of aldehydes is 1. The van der Waals surface area contributed by atoms with Crippen molar-refractivity contribution < 1.29 is 19.8 Å². The average molecular weight is 585 g/mol. The maximum Gasteiger partial charge on any atom is 0.311 e. The number of fused-ring (bicyclic) bond motifs is 5. The highest BCUT2D eigenvalue weighted by atomic mass is 127. The normalized spacial score (nSPS) is 50.6. The zero-order valence-corrected chi connectivity index (χ0v) is 24.4. The summed E-state index contributed by atoms with van der Waals surface area (Å²) < 4.78 is -0.0280. The zero-order chi connectivity index (χ0) is 25.5. The Morgan fingerprint density at radius 2 is 1.76 bits per heavy atom. The van der Waals surface area contributed by atoms with Crippen LogP contribution >= 0.6 is 22.6 Å². The third-order valence-corrected chi connectivity index (χ3v) is 13.5. The fourth-order valence-electron chi connectivity index (χ4n) is 8.93. The minimum Gasteiger partial charge on any atom is -0.481 e. The van der Waals surface area contributed by atoms with E-state index in [0.29, 0.717) is 18.8 Å². The number of aliphatic carboxylic acids is 1. The van der Waals surface area contributed by atoms with E-state index >= 15 is 0 Å². The summed E-state index contributed by atoms with van der Waals surface area (Å²) in [6, 6.07) is 0. The molecular weight excluding hydrogens is 539 g/mol. The quantitative estimate of drug-likeness (QED) is 0.165. The fourth-order valence-corrected chi connectivity index (χ4v) is 10.7. The maximum absolute atomic E-state index is 12.8. The first-order valence-corrected chi connectivity index (χ1v) is 14.5. The minimum absolute atomic E-state index is 0.0220. The molecule has 4 aliphatic rings. The van der Waals surface area contributed by atoms with Crippen LogP contribution in [0.5, 0.6) is 0 Å². The van der Waals surface area contributed by atoms with E-state index in [1.54, 1.807) is 0 Å². The number of hydrogen-bond donors (Lipinski definition) is 2. The molecule has 4 rings (SSSR count). The third-order valence-electron chi connectivity index (χ3n) is 11.6. The average Bonchev–Trinajstić information content (AvgIpc) is 2.99. The molecule has 0 aromatic carbocycles. The summed E-state index contributed by atoms with van der Waals surface area (Å²) in [6.07, 6.45) is 9.75. The van der Waals surface area contributed by atoms with Crippen LogP contribution in [0.4, 0.5) is 0 Å². The van der Waals surface area contributed by atoms with Gasteiger partial charge in [0, 0.05) is 3.92 Å². The van der Waals surface area contributed by atoms with Gasteiger partial charge in [0.2, 0.25) is 0 Å². The number of alkyl halides is 1. The number of carboxylic acids is 1. The molecule has 3 fully saturated rings. The lowest BCUT2D eigenvalue weighted by Crippen LogP contribution is -2.61. The Bertz CT molecular complexity index is 906. The van der Waals surface area contributed by atoms with Gasteiger partial charge in [0.25, 0.3) is 0 Å². The molecule has 0 saturated heterocycles. The topological polar surface area (TPSA) is 74.6 Å². The molecule has 2 N–H and O–H groups in total. The van der Waals surface area contributed by atoms with Crippen LogP contribution in [-0.4, -0.2) is 32.5 Å². The summed E-state index contributed by atoms with van der Waals surface area (Å²) in [5.74, 6) is -0.190. The lowest BCUT2D eigenvalue weighted by Gasteiger charge is -2.64. The van der Waals surface area contributed by atoms with Gasteiger partial charge in [-0.25, -0.2) is 0 Å². The second kappa shape index (κ2) is 8.03. The maximum atomic E-state index is 12.8. The summed E-state index contributed by atoms with van der Waals surface area (Å²) in [7, 11) is 0. The highest BCUT2D eigenvalue weighted by Crippen LogP contribution is 2.75. The van der Waals surface area contributed by atoms with E-state index < -0.39 is 22.9 Å². The number of hydrogen-bond acceptors (Lipinski definition) is 3. The Balaban J connectivity index is 1.78. The van der Waals surface area contributed by atoms with Gasteiger partial charge in [-0.1, -0.05) is 82.7 Å². The standard InChI is InChI=1S/C29H45IO4/c1-24(2,3)12-14-29(23(33)34)15-13-27(6)18(22(29)30)16-20-25(4)10-9-21(32)26(5,17-31)19(25)8-11-28(20,27)7/h16-17,19-22,32H,8-15H2,1-7H3,(H,33,34)/t19?,20?,21-,22?,25?,26?,27?,28?,29-/m0/s1. The van der Waals surface area contributed by atoms with Crippen LogP contribution in [0.25, 0.3) is 0 Å². The Hall–Kier alpha value is -0.430.